The molecule has 0 N–H and O–H groups in total. The Balaban J connectivity index is 1.98. The number of carbonyl (C=O) groups is 1. The second-order valence-electron chi connectivity index (χ2n) is 5.66. The van der Waals surface area contributed by atoms with Crippen molar-refractivity contribution in [3.8, 4) is 0 Å². The van der Waals surface area contributed by atoms with Crippen LogP contribution in [0.1, 0.15) is 37.0 Å². The Kier molecular flexibility index (Phi) is 6.08. The van der Waals surface area contributed by atoms with Crippen LogP contribution in [0.15, 0.2) is 65.7 Å². The van der Waals surface area contributed by atoms with Gasteiger partial charge in [-0.25, -0.2) is 0 Å². The summed E-state index contributed by atoms with van der Waals surface area (Å²) in [6.07, 6.45) is 3.54. The van der Waals surface area contributed by atoms with Gasteiger partial charge in [-0.3, -0.25) is 9.79 Å². The van der Waals surface area contributed by atoms with Crippen LogP contribution in [0.5, 0.6) is 0 Å². The third-order valence-corrected chi connectivity index (χ3v) is 3.98. The molecule has 0 spiro atoms. The highest BCUT2D eigenvalue weighted by molar-refractivity contribution is 5.96. The summed E-state index contributed by atoms with van der Waals surface area (Å²) in [5.74, 6) is 0.803. The lowest BCUT2D eigenvalue weighted by molar-refractivity contribution is 0.0957. The number of carbonyl (C=O) groups excluding carboxylic acids is 1. The van der Waals surface area contributed by atoms with Crippen LogP contribution in [0.2, 0.25) is 0 Å². The summed E-state index contributed by atoms with van der Waals surface area (Å²) in [5, 5.41) is 0. The van der Waals surface area contributed by atoms with E-state index >= 15 is 0 Å². The Labute approximate surface area is 132 Å². The number of aliphatic imine (C=N–C) groups is 1. The SMILES string of the molecule is CC[C@@H](C=Nc1ccccc1)[C@H](C)CC(=O)c1ccccc1. The number of rotatable bonds is 7. The third-order valence-electron chi connectivity index (χ3n) is 3.98. The molecular weight excluding hydrogens is 270 g/mol. The molecule has 2 heteroatoms. The monoisotopic (exact) mass is 293 g/mol. The lowest BCUT2D eigenvalue weighted by atomic mass is 9.87. The molecule has 0 aromatic heterocycles. The van der Waals surface area contributed by atoms with E-state index in [0.717, 1.165) is 17.7 Å². The second-order valence-corrected chi connectivity index (χ2v) is 5.66. The fourth-order valence-corrected chi connectivity index (χ4v) is 2.54. The zero-order chi connectivity index (χ0) is 15.8. The van der Waals surface area contributed by atoms with Crippen LogP contribution in [-0.4, -0.2) is 12.0 Å². The Morgan fingerprint density at radius 1 is 1.05 bits per heavy atom. The second kappa shape index (κ2) is 8.28. The molecule has 2 rings (SSSR count). The van der Waals surface area contributed by atoms with Gasteiger partial charge in [-0.15, -0.1) is 0 Å². The van der Waals surface area contributed by atoms with Gasteiger partial charge in [-0.1, -0.05) is 62.4 Å². The zero-order valence-electron chi connectivity index (χ0n) is 13.3. The number of ketones is 1. The van der Waals surface area contributed by atoms with Gasteiger partial charge < -0.3 is 0 Å². The van der Waals surface area contributed by atoms with Crippen LogP contribution in [-0.2, 0) is 0 Å². The fourth-order valence-electron chi connectivity index (χ4n) is 2.54. The first-order valence-corrected chi connectivity index (χ1v) is 7.88. The average Bonchev–Trinajstić information content (AvgIpc) is 2.57. The Morgan fingerprint density at radius 3 is 2.23 bits per heavy atom. The van der Waals surface area contributed by atoms with E-state index in [9.17, 15) is 4.79 Å². The van der Waals surface area contributed by atoms with Gasteiger partial charge in [0.05, 0.1) is 5.69 Å². The van der Waals surface area contributed by atoms with E-state index in [4.69, 9.17) is 0 Å². The van der Waals surface area contributed by atoms with Crippen molar-refractivity contribution in [2.24, 2.45) is 16.8 Å². The fraction of sp³-hybridized carbons (Fsp3) is 0.300. The number of hydrogen-bond donors (Lipinski definition) is 0. The highest BCUT2D eigenvalue weighted by Gasteiger charge is 2.18. The molecule has 2 aromatic rings. The highest BCUT2D eigenvalue weighted by atomic mass is 16.1. The van der Waals surface area contributed by atoms with Crippen molar-refractivity contribution in [2.75, 3.05) is 0 Å². The minimum absolute atomic E-state index is 0.208. The molecule has 114 valence electrons. The molecule has 2 nitrogen and oxygen atoms in total. The topological polar surface area (TPSA) is 29.4 Å². The maximum Gasteiger partial charge on any atom is 0.163 e. The molecule has 2 atom stereocenters. The van der Waals surface area contributed by atoms with Crippen LogP contribution in [0.3, 0.4) is 0 Å². The molecule has 0 saturated heterocycles. The molecule has 0 aliphatic heterocycles. The predicted octanol–water partition coefficient (Wildman–Crippen LogP) is 5.32. The smallest absolute Gasteiger partial charge is 0.163 e. The third kappa shape index (κ3) is 4.66. The van der Waals surface area contributed by atoms with Gasteiger partial charge >= 0.3 is 0 Å². The van der Waals surface area contributed by atoms with Crippen LogP contribution < -0.4 is 0 Å². The van der Waals surface area contributed by atoms with Gasteiger partial charge in [0, 0.05) is 18.2 Å². The predicted molar refractivity (Wildman–Crippen MR) is 92.9 cm³/mol. The summed E-state index contributed by atoms with van der Waals surface area (Å²) in [4.78, 5) is 16.8. The first kappa shape index (κ1) is 16.2. The van der Waals surface area contributed by atoms with Gasteiger partial charge in [0.15, 0.2) is 5.78 Å². The molecule has 0 bridgehead atoms. The van der Waals surface area contributed by atoms with Crippen molar-refractivity contribution in [2.45, 2.75) is 26.7 Å². The van der Waals surface area contributed by atoms with Crippen molar-refractivity contribution in [3.05, 3.63) is 66.2 Å². The Morgan fingerprint density at radius 2 is 1.64 bits per heavy atom. The van der Waals surface area contributed by atoms with Gasteiger partial charge in [-0.05, 0) is 30.4 Å². The Bertz CT molecular complexity index is 604. The van der Waals surface area contributed by atoms with Gasteiger partial charge in [-0.2, -0.15) is 0 Å². The first-order chi connectivity index (χ1) is 10.7. The lowest BCUT2D eigenvalue weighted by Crippen LogP contribution is -2.16. The van der Waals surface area contributed by atoms with E-state index in [1.165, 1.54) is 0 Å². The largest absolute Gasteiger partial charge is 0.294 e. The highest BCUT2D eigenvalue weighted by Crippen LogP contribution is 2.21. The molecule has 0 heterocycles. The summed E-state index contributed by atoms with van der Waals surface area (Å²) in [6, 6.07) is 19.4. The van der Waals surface area contributed by atoms with E-state index in [2.05, 4.69) is 18.8 Å². The molecule has 0 fully saturated rings. The van der Waals surface area contributed by atoms with Crippen molar-refractivity contribution in [1.82, 2.24) is 0 Å². The van der Waals surface area contributed by atoms with Crippen molar-refractivity contribution in [1.29, 1.82) is 0 Å². The minimum atomic E-state index is 0.208. The maximum absolute atomic E-state index is 12.3. The van der Waals surface area contributed by atoms with E-state index in [1.807, 2.05) is 66.9 Å². The van der Waals surface area contributed by atoms with E-state index in [-0.39, 0.29) is 11.7 Å². The maximum atomic E-state index is 12.3. The quantitative estimate of drug-likeness (QED) is 0.501. The summed E-state index contributed by atoms with van der Waals surface area (Å²) in [6.45, 7) is 4.27. The number of para-hydroxylation sites is 1. The standard InChI is InChI=1S/C20H23NO/c1-3-17(15-21-19-12-8-5-9-13-19)16(2)14-20(22)18-10-6-4-7-11-18/h4-13,15-17H,3,14H2,1-2H3/t16-,17+/m1/s1. The van der Waals surface area contributed by atoms with Crippen LogP contribution >= 0.6 is 0 Å². The molecule has 0 saturated carbocycles. The van der Waals surface area contributed by atoms with Crippen molar-refractivity contribution < 1.29 is 4.79 Å². The Hall–Kier alpha value is -2.22. The van der Waals surface area contributed by atoms with Gasteiger partial charge in [0.2, 0.25) is 0 Å². The van der Waals surface area contributed by atoms with Crippen LogP contribution in [0, 0.1) is 11.8 Å². The summed E-state index contributed by atoms with van der Waals surface area (Å²) >= 11 is 0. The van der Waals surface area contributed by atoms with Crippen molar-refractivity contribution in [3.63, 3.8) is 0 Å². The number of benzene rings is 2. The lowest BCUT2D eigenvalue weighted by Gasteiger charge is -2.18. The molecule has 0 radical (unpaired) electrons. The number of nitrogens with zero attached hydrogens (tertiary/aromatic N) is 1. The molecule has 0 aliphatic carbocycles. The normalized spacial score (nSPS) is 13.9. The number of Topliss-reactive ketones (excluding diaryl/α,β-unsaturated/α-hetero) is 1. The zero-order valence-corrected chi connectivity index (χ0v) is 13.3. The summed E-state index contributed by atoms with van der Waals surface area (Å²) < 4.78 is 0. The number of hydrogen-bond acceptors (Lipinski definition) is 2. The summed E-state index contributed by atoms with van der Waals surface area (Å²) in [5.41, 5.74) is 1.76. The minimum Gasteiger partial charge on any atom is -0.294 e. The van der Waals surface area contributed by atoms with Gasteiger partial charge in [0.25, 0.3) is 0 Å². The molecule has 0 aliphatic rings. The van der Waals surface area contributed by atoms with Crippen LogP contribution in [0.4, 0.5) is 5.69 Å². The molecule has 22 heavy (non-hydrogen) atoms. The van der Waals surface area contributed by atoms with Gasteiger partial charge in [0.1, 0.15) is 0 Å². The van der Waals surface area contributed by atoms with Crippen molar-refractivity contribution >= 4 is 17.7 Å². The van der Waals surface area contributed by atoms with E-state index in [0.29, 0.717) is 12.3 Å². The molecule has 0 amide bonds. The average molecular weight is 293 g/mol. The first-order valence-electron chi connectivity index (χ1n) is 7.88. The van der Waals surface area contributed by atoms with E-state index < -0.39 is 0 Å². The van der Waals surface area contributed by atoms with E-state index in [1.54, 1.807) is 0 Å². The molecule has 0 unspecified atom stereocenters. The molecule has 2 aromatic carbocycles. The van der Waals surface area contributed by atoms with Crippen LogP contribution in [0.25, 0.3) is 0 Å². The summed E-state index contributed by atoms with van der Waals surface area (Å²) in [7, 11) is 0. The molecular formula is C20H23NO.